The molecule has 16 heavy (non-hydrogen) atoms. The van der Waals surface area contributed by atoms with E-state index >= 15 is 0 Å². The lowest BCUT2D eigenvalue weighted by Crippen LogP contribution is -2.35. The molecule has 6 heteroatoms. The lowest BCUT2D eigenvalue weighted by Gasteiger charge is -2.13. The second kappa shape index (κ2) is 6.06. The van der Waals surface area contributed by atoms with Crippen molar-refractivity contribution >= 4 is 34.8 Å². The zero-order valence-electron chi connectivity index (χ0n) is 8.67. The fraction of sp³-hybridized carbons (Fsp3) is 0.300. The molecule has 0 fully saturated rings. The van der Waals surface area contributed by atoms with Crippen molar-refractivity contribution in [1.29, 1.82) is 0 Å². The lowest BCUT2D eigenvalue weighted by atomic mass is 10.3. The van der Waals surface area contributed by atoms with Crippen LogP contribution in [0.1, 0.15) is 0 Å². The first-order valence-electron chi connectivity index (χ1n) is 4.57. The standard InChI is InChI=1S/C10H12Cl2N2O2/c1-16-9(5-13)10(15)14-8-3-2-6(11)4-7(8)12/h2-4,9H,5,13H2,1H3,(H,14,15). The Morgan fingerprint density at radius 2 is 2.25 bits per heavy atom. The molecule has 0 aliphatic heterocycles. The maximum absolute atomic E-state index is 11.6. The summed E-state index contributed by atoms with van der Waals surface area (Å²) in [4.78, 5) is 11.6. The third-order valence-corrected chi connectivity index (χ3v) is 2.53. The number of methoxy groups -OCH3 is 1. The van der Waals surface area contributed by atoms with Gasteiger partial charge in [-0.25, -0.2) is 0 Å². The van der Waals surface area contributed by atoms with Crippen molar-refractivity contribution in [1.82, 2.24) is 0 Å². The van der Waals surface area contributed by atoms with Gasteiger partial charge in [-0.05, 0) is 18.2 Å². The van der Waals surface area contributed by atoms with Crippen LogP contribution in [-0.4, -0.2) is 25.7 Å². The van der Waals surface area contributed by atoms with E-state index in [0.717, 1.165) is 0 Å². The topological polar surface area (TPSA) is 64.3 Å². The first kappa shape index (κ1) is 13.3. The van der Waals surface area contributed by atoms with Gasteiger partial charge in [0.2, 0.25) is 0 Å². The van der Waals surface area contributed by atoms with Gasteiger partial charge in [-0.1, -0.05) is 23.2 Å². The van der Waals surface area contributed by atoms with Gasteiger partial charge in [-0.15, -0.1) is 0 Å². The SMILES string of the molecule is COC(CN)C(=O)Nc1ccc(Cl)cc1Cl. The fourth-order valence-electron chi connectivity index (χ4n) is 1.11. The minimum absolute atomic E-state index is 0.105. The molecule has 0 radical (unpaired) electrons. The number of carbonyl (C=O) groups excluding carboxylic acids is 1. The van der Waals surface area contributed by atoms with Crippen LogP contribution in [0, 0.1) is 0 Å². The van der Waals surface area contributed by atoms with E-state index in [1.165, 1.54) is 7.11 Å². The van der Waals surface area contributed by atoms with Crippen LogP contribution in [0.5, 0.6) is 0 Å². The molecule has 0 aromatic heterocycles. The Morgan fingerprint density at radius 1 is 1.56 bits per heavy atom. The minimum atomic E-state index is -0.688. The zero-order chi connectivity index (χ0) is 12.1. The highest BCUT2D eigenvalue weighted by atomic mass is 35.5. The van der Waals surface area contributed by atoms with Crippen molar-refractivity contribution < 1.29 is 9.53 Å². The zero-order valence-corrected chi connectivity index (χ0v) is 10.2. The number of amides is 1. The first-order valence-corrected chi connectivity index (χ1v) is 5.33. The number of halogens is 2. The number of ether oxygens (including phenoxy) is 1. The maximum Gasteiger partial charge on any atom is 0.254 e. The van der Waals surface area contributed by atoms with Crippen LogP contribution >= 0.6 is 23.2 Å². The van der Waals surface area contributed by atoms with Crippen LogP contribution in [0.25, 0.3) is 0 Å². The number of hydrogen-bond donors (Lipinski definition) is 2. The molecule has 0 spiro atoms. The largest absolute Gasteiger partial charge is 0.370 e. The van der Waals surface area contributed by atoms with Crippen molar-refractivity contribution in [3.63, 3.8) is 0 Å². The number of nitrogens with one attached hydrogen (secondary N) is 1. The molecule has 1 amide bonds. The molecule has 0 saturated carbocycles. The van der Waals surface area contributed by atoms with E-state index in [9.17, 15) is 4.79 Å². The van der Waals surface area contributed by atoms with E-state index in [1.54, 1.807) is 18.2 Å². The van der Waals surface area contributed by atoms with Gasteiger partial charge in [0.05, 0.1) is 10.7 Å². The number of nitrogens with two attached hydrogens (primary N) is 1. The highest BCUT2D eigenvalue weighted by Crippen LogP contribution is 2.25. The summed E-state index contributed by atoms with van der Waals surface area (Å²) in [6, 6.07) is 4.79. The molecule has 88 valence electrons. The van der Waals surface area contributed by atoms with E-state index in [2.05, 4.69) is 5.32 Å². The molecule has 1 aromatic carbocycles. The summed E-state index contributed by atoms with van der Waals surface area (Å²) in [6.45, 7) is 0.105. The second-order valence-corrected chi connectivity index (χ2v) is 3.92. The minimum Gasteiger partial charge on any atom is -0.370 e. The highest BCUT2D eigenvalue weighted by molar-refractivity contribution is 6.36. The van der Waals surface area contributed by atoms with Crippen molar-refractivity contribution in [3.05, 3.63) is 28.2 Å². The lowest BCUT2D eigenvalue weighted by molar-refractivity contribution is -0.125. The van der Waals surface area contributed by atoms with Crippen molar-refractivity contribution in [2.45, 2.75) is 6.10 Å². The third kappa shape index (κ3) is 3.35. The third-order valence-electron chi connectivity index (χ3n) is 1.98. The number of hydrogen-bond acceptors (Lipinski definition) is 3. The molecule has 0 aliphatic rings. The number of rotatable bonds is 4. The van der Waals surface area contributed by atoms with Gasteiger partial charge in [0.25, 0.3) is 5.91 Å². The molecule has 1 rings (SSSR count). The van der Waals surface area contributed by atoms with Gasteiger partial charge in [0, 0.05) is 18.7 Å². The van der Waals surface area contributed by atoms with Gasteiger partial charge in [0.15, 0.2) is 0 Å². The normalized spacial score (nSPS) is 12.2. The molecular weight excluding hydrogens is 251 g/mol. The molecular formula is C10H12Cl2N2O2. The molecule has 0 bridgehead atoms. The van der Waals surface area contributed by atoms with Gasteiger partial charge >= 0.3 is 0 Å². The average molecular weight is 263 g/mol. The molecule has 0 heterocycles. The van der Waals surface area contributed by atoms with Gasteiger partial charge in [-0.3, -0.25) is 4.79 Å². The van der Waals surface area contributed by atoms with Crippen molar-refractivity contribution in [2.75, 3.05) is 19.0 Å². The molecule has 3 N–H and O–H groups in total. The molecule has 0 saturated heterocycles. The van der Waals surface area contributed by atoms with Crippen LogP contribution in [0.4, 0.5) is 5.69 Å². The Morgan fingerprint density at radius 3 is 2.75 bits per heavy atom. The second-order valence-electron chi connectivity index (χ2n) is 3.07. The number of benzene rings is 1. The number of carbonyl (C=O) groups is 1. The highest BCUT2D eigenvalue weighted by Gasteiger charge is 2.16. The van der Waals surface area contributed by atoms with E-state index in [1.807, 2.05) is 0 Å². The Bertz CT molecular complexity index is 381. The molecule has 1 aromatic rings. The van der Waals surface area contributed by atoms with E-state index < -0.39 is 6.10 Å². The van der Waals surface area contributed by atoms with Crippen LogP contribution in [-0.2, 0) is 9.53 Å². The summed E-state index contributed by atoms with van der Waals surface area (Å²) >= 11 is 11.6. The summed E-state index contributed by atoms with van der Waals surface area (Å²) in [7, 11) is 1.42. The Kier molecular flexibility index (Phi) is 5.02. The molecule has 4 nitrogen and oxygen atoms in total. The Labute approximate surface area is 104 Å². The van der Waals surface area contributed by atoms with Crippen molar-refractivity contribution in [2.24, 2.45) is 5.73 Å². The van der Waals surface area contributed by atoms with Crippen LogP contribution in [0.2, 0.25) is 10.0 Å². The summed E-state index contributed by atoms with van der Waals surface area (Å²) in [5.74, 6) is -0.339. The average Bonchev–Trinajstić information content (AvgIpc) is 2.24. The summed E-state index contributed by atoms with van der Waals surface area (Å²) < 4.78 is 4.89. The van der Waals surface area contributed by atoms with Crippen LogP contribution in [0.15, 0.2) is 18.2 Å². The molecule has 1 unspecified atom stereocenters. The molecule has 0 aliphatic carbocycles. The van der Waals surface area contributed by atoms with E-state index in [0.29, 0.717) is 15.7 Å². The fourth-order valence-corrected chi connectivity index (χ4v) is 1.57. The monoisotopic (exact) mass is 262 g/mol. The van der Waals surface area contributed by atoms with Crippen LogP contribution < -0.4 is 11.1 Å². The van der Waals surface area contributed by atoms with Crippen molar-refractivity contribution in [3.8, 4) is 0 Å². The quantitative estimate of drug-likeness (QED) is 0.872. The first-order chi connectivity index (χ1) is 7.58. The Balaban J connectivity index is 2.76. The Hall–Kier alpha value is -0.810. The van der Waals surface area contributed by atoms with E-state index in [-0.39, 0.29) is 12.5 Å². The van der Waals surface area contributed by atoms with Gasteiger partial charge < -0.3 is 15.8 Å². The summed E-state index contributed by atoms with van der Waals surface area (Å²) in [5.41, 5.74) is 5.84. The predicted octanol–water partition coefficient (Wildman–Crippen LogP) is 1.91. The summed E-state index contributed by atoms with van der Waals surface area (Å²) in [6.07, 6.45) is -0.688. The predicted molar refractivity (Wildman–Crippen MR) is 64.9 cm³/mol. The molecule has 1 atom stereocenters. The number of anilines is 1. The smallest absolute Gasteiger partial charge is 0.254 e. The maximum atomic E-state index is 11.6. The van der Waals surface area contributed by atoms with Crippen LogP contribution in [0.3, 0.4) is 0 Å². The van der Waals surface area contributed by atoms with Gasteiger partial charge in [0.1, 0.15) is 6.10 Å². The van der Waals surface area contributed by atoms with Gasteiger partial charge in [-0.2, -0.15) is 0 Å². The van der Waals surface area contributed by atoms with E-state index in [4.69, 9.17) is 33.7 Å². The summed E-state index contributed by atoms with van der Waals surface area (Å²) in [5, 5.41) is 3.48.